The summed E-state index contributed by atoms with van der Waals surface area (Å²) in [6, 6.07) is 4.40. The van der Waals surface area contributed by atoms with Crippen molar-refractivity contribution in [3.8, 4) is 0 Å². The van der Waals surface area contributed by atoms with Gasteiger partial charge in [-0.25, -0.2) is 0 Å². The Balaban J connectivity index is 2.04. The Labute approximate surface area is 122 Å². The van der Waals surface area contributed by atoms with E-state index >= 15 is 0 Å². The number of piperidine rings is 1. The highest BCUT2D eigenvalue weighted by atomic mass is 19.4. The number of benzene rings is 1. The minimum absolute atomic E-state index is 0.0247. The van der Waals surface area contributed by atoms with E-state index in [1.54, 1.807) is 4.90 Å². The van der Waals surface area contributed by atoms with Gasteiger partial charge in [-0.1, -0.05) is 0 Å². The fraction of sp³-hybridized carbons (Fsp3) is 0.533. The molecule has 3 nitrogen and oxygen atoms in total. The lowest BCUT2D eigenvalue weighted by atomic mass is 9.89. The fourth-order valence-electron chi connectivity index (χ4n) is 2.44. The topological polar surface area (TPSA) is 32.3 Å². The van der Waals surface area contributed by atoms with Crippen LogP contribution in [0.2, 0.25) is 0 Å². The normalized spacial score (nSPS) is 18.6. The molecule has 1 aromatic carbocycles. The van der Waals surface area contributed by atoms with Crippen LogP contribution < -0.4 is 5.32 Å². The average molecular weight is 300 g/mol. The molecule has 0 spiro atoms. The van der Waals surface area contributed by atoms with Gasteiger partial charge in [0.2, 0.25) is 0 Å². The zero-order chi connectivity index (χ0) is 15.7. The SMILES string of the molecule is CNC1(C)CCN(C(=O)c2ccc(C(F)(F)F)cc2)CC1. The Morgan fingerprint density at radius 1 is 1.19 bits per heavy atom. The number of alkyl halides is 3. The number of carbonyl (C=O) groups excluding carboxylic acids is 1. The van der Waals surface area contributed by atoms with Gasteiger partial charge in [-0.05, 0) is 51.1 Å². The van der Waals surface area contributed by atoms with E-state index in [2.05, 4.69) is 12.2 Å². The maximum absolute atomic E-state index is 12.5. The van der Waals surface area contributed by atoms with Crippen molar-refractivity contribution in [3.05, 3.63) is 35.4 Å². The number of nitrogens with zero attached hydrogens (tertiary/aromatic N) is 1. The van der Waals surface area contributed by atoms with Crippen molar-refractivity contribution >= 4 is 5.91 Å². The molecule has 116 valence electrons. The van der Waals surface area contributed by atoms with Gasteiger partial charge in [-0.2, -0.15) is 13.2 Å². The lowest BCUT2D eigenvalue weighted by molar-refractivity contribution is -0.137. The highest BCUT2D eigenvalue weighted by Crippen LogP contribution is 2.29. The van der Waals surface area contributed by atoms with Crippen molar-refractivity contribution in [1.29, 1.82) is 0 Å². The van der Waals surface area contributed by atoms with E-state index < -0.39 is 11.7 Å². The largest absolute Gasteiger partial charge is 0.416 e. The van der Waals surface area contributed by atoms with Crippen LogP contribution in [0.5, 0.6) is 0 Å². The monoisotopic (exact) mass is 300 g/mol. The smallest absolute Gasteiger partial charge is 0.339 e. The number of likely N-dealkylation sites (tertiary alicyclic amines) is 1. The molecule has 0 aliphatic carbocycles. The Kier molecular flexibility index (Phi) is 4.27. The van der Waals surface area contributed by atoms with Crippen molar-refractivity contribution in [2.75, 3.05) is 20.1 Å². The molecule has 0 bridgehead atoms. The number of carbonyl (C=O) groups is 1. The quantitative estimate of drug-likeness (QED) is 0.911. The standard InChI is InChI=1S/C15H19F3N2O/c1-14(19-2)7-9-20(10-8-14)13(21)11-3-5-12(6-4-11)15(16,17)18/h3-6,19H,7-10H2,1-2H3. The highest BCUT2D eigenvalue weighted by Gasteiger charge is 2.32. The first-order valence-electron chi connectivity index (χ1n) is 6.91. The molecule has 0 aromatic heterocycles. The van der Waals surface area contributed by atoms with E-state index in [1.807, 2.05) is 7.05 Å². The highest BCUT2D eigenvalue weighted by molar-refractivity contribution is 5.94. The van der Waals surface area contributed by atoms with Crippen LogP contribution in [-0.2, 0) is 6.18 Å². The van der Waals surface area contributed by atoms with Gasteiger partial charge in [0.05, 0.1) is 5.56 Å². The number of amides is 1. The van der Waals surface area contributed by atoms with Gasteiger partial charge in [0.1, 0.15) is 0 Å². The zero-order valence-electron chi connectivity index (χ0n) is 12.1. The molecule has 0 atom stereocenters. The lowest BCUT2D eigenvalue weighted by Crippen LogP contribution is -2.51. The second-order valence-corrected chi connectivity index (χ2v) is 5.68. The number of rotatable bonds is 2. The van der Waals surface area contributed by atoms with Gasteiger partial charge in [0.15, 0.2) is 0 Å². The second-order valence-electron chi connectivity index (χ2n) is 5.68. The molecule has 1 heterocycles. The van der Waals surface area contributed by atoms with Gasteiger partial charge in [-0.3, -0.25) is 4.79 Å². The van der Waals surface area contributed by atoms with Crippen LogP contribution in [0.15, 0.2) is 24.3 Å². The molecule has 1 saturated heterocycles. The third-order valence-electron chi connectivity index (χ3n) is 4.22. The van der Waals surface area contributed by atoms with Crippen LogP contribution in [0.25, 0.3) is 0 Å². The summed E-state index contributed by atoms with van der Waals surface area (Å²) in [5.41, 5.74) is -0.409. The van der Waals surface area contributed by atoms with Gasteiger partial charge in [0, 0.05) is 24.2 Å². The van der Waals surface area contributed by atoms with E-state index in [1.165, 1.54) is 12.1 Å². The summed E-state index contributed by atoms with van der Waals surface area (Å²) in [6.45, 7) is 3.32. The van der Waals surface area contributed by atoms with Crippen molar-refractivity contribution < 1.29 is 18.0 Å². The third kappa shape index (κ3) is 3.56. The van der Waals surface area contributed by atoms with Gasteiger partial charge < -0.3 is 10.2 Å². The average Bonchev–Trinajstić information content (AvgIpc) is 2.47. The van der Waals surface area contributed by atoms with Crippen LogP contribution >= 0.6 is 0 Å². The predicted molar refractivity (Wildman–Crippen MR) is 74.0 cm³/mol. The molecular weight excluding hydrogens is 281 g/mol. The molecule has 1 N–H and O–H groups in total. The van der Waals surface area contributed by atoms with Crippen molar-refractivity contribution in [2.24, 2.45) is 0 Å². The number of halogens is 3. The number of hydrogen-bond donors (Lipinski definition) is 1. The molecule has 21 heavy (non-hydrogen) atoms. The first-order valence-corrected chi connectivity index (χ1v) is 6.91. The first-order chi connectivity index (χ1) is 9.75. The van der Waals surface area contributed by atoms with Crippen molar-refractivity contribution in [1.82, 2.24) is 10.2 Å². The number of hydrogen-bond acceptors (Lipinski definition) is 2. The van der Waals surface area contributed by atoms with Crippen LogP contribution in [0.3, 0.4) is 0 Å². The molecule has 0 unspecified atom stereocenters. The van der Waals surface area contributed by atoms with E-state index in [-0.39, 0.29) is 11.4 Å². The summed E-state index contributed by atoms with van der Waals surface area (Å²) in [4.78, 5) is 14.0. The minimum atomic E-state index is -4.37. The molecule has 1 amide bonds. The Hall–Kier alpha value is -1.56. The molecule has 1 aromatic rings. The molecule has 1 aliphatic heterocycles. The molecule has 0 radical (unpaired) electrons. The summed E-state index contributed by atoms with van der Waals surface area (Å²) in [7, 11) is 1.90. The molecule has 0 saturated carbocycles. The van der Waals surface area contributed by atoms with E-state index in [0.717, 1.165) is 25.0 Å². The Morgan fingerprint density at radius 3 is 2.14 bits per heavy atom. The van der Waals surface area contributed by atoms with Gasteiger partial charge in [-0.15, -0.1) is 0 Å². The van der Waals surface area contributed by atoms with E-state index in [9.17, 15) is 18.0 Å². The third-order valence-corrected chi connectivity index (χ3v) is 4.22. The summed E-state index contributed by atoms with van der Waals surface area (Å²) in [5, 5.41) is 3.24. The predicted octanol–water partition coefficient (Wildman–Crippen LogP) is 2.92. The summed E-state index contributed by atoms with van der Waals surface area (Å²) in [5.74, 6) is -0.207. The summed E-state index contributed by atoms with van der Waals surface area (Å²) in [6.07, 6.45) is -2.72. The molecule has 1 aliphatic rings. The van der Waals surface area contributed by atoms with Crippen molar-refractivity contribution in [3.63, 3.8) is 0 Å². The lowest BCUT2D eigenvalue weighted by Gasteiger charge is -2.39. The molecular formula is C15H19F3N2O. The zero-order valence-corrected chi connectivity index (χ0v) is 12.1. The Bertz CT molecular complexity index is 503. The molecule has 2 rings (SSSR count). The first kappa shape index (κ1) is 15.8. The van der Waals surface area contributed by atoms with Crippen LogP contribution in [-0.4, -0.2) is 36.5 Å². The maximum atomic E-state index is 12.5. The number of nitrogens with one attached hydrogen (secondary N) is 1. The molecule has 6 heteroatoms. The van der Waals surface area contributed by atoms with Crippen LogP contribution in [0.1, 0.15) is 35.7 Å². The minimum Gasteiger partial charge on any atom is -0.339 e. The van der Waals surface area contributed by atoms with Crippen molar-refractivity contribution in [2.45, 2.75) is 31.5 Å². The Morgan fingerprint density at radius 2 is 1.71 bits per heavy atom. The summed E-state index contributed by atoms with van der Waals surface area (Å²) < 4.78 is 37.5. The van der Waals surface area contributed by atoms with Gasteiger partial charge in [0.25, 0.3) is 5.91 Å². The van der Waals surface area contributed by atoms with Crippen LogP contribution in [0, 0.1) is 0 Å². The molecule has 1 fully saturated rings. The van der Waals surface area contributed by atoms with E-state index in [0.29, 0.717) is 18.7 Å². The van der Waals surface area contributed by atoms with Gasteiger partial charge >= 0.3 is 6.18 Å². The maximum Gasteiger partial charge on any atom is 0.416 e. The summed E-state index contributed by atoms with van der Waals surface area (Å²) >= 11 is 0. The second kappa shape index (κ2) is 5.67. The van der Waals surface area contributed by atoms with Crippen LogP contribution in [0.4, 0.5) is 13.2 Å². The fourth-order valence-corrected chi connectivity index (χ4v) is 2.44. The van der Waals surface area contributed by atoms with E-state index in [4.69, 9.17) is 0 Å².